The number of rotatable bonds is 3. The van der Waals surface area contributed by atoms with E-state index in [0.29, 0.717) is 0 Å². The molecule has 0 radical (unpaired) electrons. The number of carbonyl (C=O) groups excluding carboxylic acids is 1. The molecule has 16 heavy (non-hydrogen) atoms. The molecule has 3 atom stereocenters. The van der Waals surface area contributed by atoms with Crippen LogP contribution in [0.25, 0.3) is 0 Å². The van der Waals surface area contributed by atoms with E-state index in [1.807, 2.05) is 20.8 Å². The molecule has 3 unspecified atom stereocenters. The maximum atomic E-state index is 12.0. The lowest BCUT2D eigenvalue weighted by atomic mass is 9.83. The molecule has 2 aliphatic rings. The maximum absolute atomic E-state index is 12.0. The average Bonchev–Trinajstić information content (AvgIpc) is 2.73. The van der Waals surface area contributed by atoms with Crippen LogP contribution in [-0.4, -0.2) is 12.1 Å². The summed E-state index contributed by atoms with van der Waals surface area (Å²) in [6, 6.07) is 0. The molecule has 2 heteroatoms. The fraction of sp³-hybridized carbons (Fsp3) is 0.929. The Morgan fingerprint density at radius 2 is 2.19 bits per heavy atom. The minimum Gasteiger partial charge on any atom is -0.461 e. The summed E-state index contributed by atoms with van der Waals surface area (Å²) in [7, 11) is 0. The van der Waals surface area contributed by atoms with Crippen LogP contribution in [0.15, 0.2) is 0 Å². The Labute approximate surface area is 98.7 Å². The quantitative estimate of drug-likeness (QED) is 0.685. The van der Waals surface area contributed by atoms with Crippen molar-refractivity contribution in [3.8, 4) is 0 Å². The first-order chi connectivity index (χ1) is 7.37. The summed E-state index contributed by atoms with van der Waals surface area (Å²) in [4.78, 5) is 12.0. The molecule has 92 valence electrons. The van der Waals surface area contributed by atoms with Crippen LogP contribution in [0.4, 0.5) is 0 Å². The lowest BCUT2D eigenvalue weighted by Crippen LogP contribution is -2.36. The van der Waals surface area contributed by atoms with Crippen LogP contribution in [0.5, 0.6) is 0 Å². The highest BCUT2D eigenvalue weighted by atomic mass is 16.5. The van der Waals surface area contributed by atoms with Gasteiger partial charge in [-0.2, -0.15) is 0 Å². The van der Waals surface area contributed by atoms with Crippen LogP contribution in [-0.2, 0) is 9.53 Å². The van der Waals surface area contributed by atoms with Crippen LogP contribution in [0.1, 0.15) is 59.8 Å². The second-order valence-corrected chi connectivity index (χ2v) is 6.63. The van der Waals surface area contributed by atoms with Gasteiger partial charge in [0.05, 0.1) is 5.41 Å². The molecule has 0 spiro atoms. The Kier molecular flexibility index (Phi) is 2.80. The third-order valence-electron chi connectivity index (χ3n) is 4.89. The van der Waals surface area contributed by atoms with E-state index in [-0.39, 0.29) is 22.9 Å². The minimum atomic E-state index is -0.321. The maximum Gasteiger partial charge on any atom is 0.311 e. The SMILES string of the molecule is CCC(C)(C)C(=O)OC1CC2CCC1(C)C2. The Morgan fingerprint density at radius 1 is 1.50 bits per heavy atom. The zero-order chi connectivity index (χ0) is 12.0. The third-order valence-corrected chi connectivity index (χ3v) is 4.89. The Bertz CT molecular complexity index is 295. The van der Waals surface area contributed by atoms with Crippen molar-refractivity contribution in [3.05, 3.63) is 0 Å². The molecular formula is C14H24O2. The van der Waals surface area contributed by atoms with E-state index in [0.717, 1.165) is 18.8 Å². The second kappa shape index (κ2) is 3.75. The first kappa shape index (κ1) is 11.9. The van der Waals surface area contributed by atoms with Crippen molar-refractivity contribution >= 4 is 5.97 Å². The predicted molar refractivity (Wildman–Crippen MR) is 64.0 cm³/mol. The van der Waals surface area contributed by atoms with Gasteiger partial charge in [0.1, 0.15) is 6.10 Å². The number of fused-ring (bicyclic) bond motifs is 2. The molecule has 0 aromatic carbocycles. The van der Waals surface area contributed by atoms with E-state index >= 15 is 0 Å². The molecule has 2 nitrogen and oxygen atoms in total. The van der Waals surface area contributed by atoms with Gasteiger partial charge < -0.3 is 4.74 Å². The van der Waals surface area contributed by atoms with E-state index in [4.69, 9.17) is 4.74 Å². The van der Waals surface area contributed by atoms with Gasteiger partial charge in [0.2, 0.25) is 0 Å². The molecule has 2 saturated carbocycles. The Balaban J connectivity index is 1.99. The van der Waals surface area contributed by atoms with Gasteiger partial charge in [0.15, 0.2) is 0 Å². The molecule has 0 aromatic rings. The van der Waals surface area contributed by atoms with Crippen LogP contribution < -0.4 is 0 Å². The van der Waals surface area contributed by atoms with Gasteiger partial charge in [-0.25, -0.2) is 0 Å². The lowest BCUT2D eigenvalue weighted by Gasteiger charge is -2.33. The zero-order valence-electron chi connectivity index (χ0n) is 11.0. The van der Waals surface area contributed by atoms with E-state index in [2.05, 4.69) is 6.92 Å². The predicted octanol–water partition coefficient (Wildman–Crippen LogP) is 3.54. The highest BCUT2D eigenvalue weighted by Crippen LogP contribution is 2.55. The molecular weight excluding hydrogens is 200 g/mol. The first-order valence-corrected chi connectivity index (χ1v) is 6.58. The molecule has 2 bridgehead atoms. The molecule has 2 aliphatic carbocycles. The van der Waals surface area contributed by atoms with Crippen LogP contribution in [0.3, 0.4) is 0 Å². The van der Waals surface area contributed by atoms with E-state index in [1.54, 1.807) is 0 Å². The van der Waals surface area contributed by atoms with Crippen LogP contribution in [0.2, 0.25) is 0 Å². The van der Waals surface area contributed by atoms with Crippen molar-refractivity contribution in [2.45, 2.75) is 65.9 Å². The summed E-state index contributed by atoms with van der Waals surface area (Å²) in [5, 5.41) is 0. The normalized spacial score (nSPS) is 37.8. The largest absolute Gasteiger partial charge is 0.461 e. The third kappa shape index (κ3) is 1.87. The molecule has 0 amide bonds. The lowest BCUT2D eigenvalue weighted by molar-refractivity contribution is -0.165. The first-order valence-electron chi connectivity index (χ1n) is 6.58. The number of esters is 1. The summed E-state index contributed by atoms with van der Waals surface area (Å²) >= 11 is 0. The Morgan fingerprint density at radius 3 is 2.62 bits per heavy atom. The highest BCUT2D eigenvalue weighted by Gasteiger charge is 2.51. The number of hydrogen-bond donors (Lipinski definition) is 0. The summed E-state index contributed by atoms with van der Waals surface area (Å²) < 4.78 is 5.76. The number of carbonyl (C=O) groups is 1. The van der Waals surface area contributed by atoms with Crippen molar-refractivity contribution in [1.82, 2.24) is 0 Å². The molecule has 2 fully saturated rings. The van der Waals surface area contributed by atoms with Crippen LogP contribution >= 0.6 is 0 Å². The van der Waals surface area contributed by atoms with E-state index in [9.17, 15) is 4.79 Å². The Hall–Kier alpha value is -0.530. The standard InChI is InChI=1S/C14H24O2/c1-5-13(2,3)12(15)16-11-8-10-6-7-14(11,4)9-10/h10-11H,5-9H2,1-4H3. The highest BCUT2D eigenvalue weighted by molar-refractivity contribution is 5.76. The molecule has 0 N–H and O–H groups in total. The molecule has 0 saturated heterocycles. The van der Waals surface area contributed by atoms with Crippen molar-refractivity contribution in [3.63, 3.8) is 0 Å². The molecule has 0 aromatic heterocycles. The van der Waals surface area contributed by atoms with Gasteiger partial charge in [-0.3, -0.25) is 4.79 Å². The fourth-order valence-electron chi connectivity index (χ4n) is 3.10. The molecule has 0 aliphatic heterocycles. The monoisotopic (exact) mass is 224 g/mol. The fourth-order valence-corrected chi connectivity index (χ4v) is 3.10. The summed E-state index contributed by atoms with van der Waals surface area (Å²) in [5.41, 5.74) is -0.0393. The second-order valence-electron chi connectivity index (χ2n) is 6.63. The number of hydrogen-bond acceptors (Lipinski definition) is 2. The molecule has 0 heterocycles. The van der Waals surface area contributed by atoms with Gasteiger partial charge in [-0.15, -0.1) is 0 Å². The summed E-state index contributed by atoms with van der Waals surface area (Å²) in [6.45, 7) is 8.29. The van der Waals surface area contributed by atoms with Crippen LogP contribution in [0, 0.1) is 16.7 Å². The number of ether oxygens (including phenoxy) is 1. The van der Waals surface area contributed by atoms with Crippen molar-refractivity contribution in [1.29, 1.82) is 0 Å². The molecule has 2 rings (SSSR count). The topological polar surface area (TPSA) is 26.3 Å². The average molecular weight is 224 g/mol. The van der Waals surface area contributed by atoms with Gasteiger partial charge in [-0.05, 0) is 51.9 Å². The van der Waals surface area contributed by atoms with Crippen molar-refractivity contribution in [2.75, 3.05) is 0 Å². The summed E-state index contributed by atoms with van der Waals surface area (Å²) in [6.07, 6.45) is 5.96. The van der Waals surface area contributed by atoms with Gasteiger partial charge in [0.25, 0.3) is 0 Å². The smallest absolute Gasteiger partial charge is 0.311 e. The van der Waals surface area contributed by atoms with E-state index < -0.39 is 0 Å². The van der Waals surface area contributed by atoms with Crippen molar-refractivity contribution in [2.24, 2.45) is 16.7 Å². The van der Waals surface area contributed by atoms with Gasteiger partial charge >= 0.3 is 5.97 Å². The summed E-state index contributed by atoms with van der Waals surface area (Å²) in [5.74, 6) is 0.807. The van der Waals surface area contributed by atoms with Crippen molar-refractivity contribution < 1.29 is 9.53 Å². The minimum absolute atomic E-state index is 0.00576. The van der Waals surface area contributed by atoms with Gasteiger partial charge in [0, 0.05) is 5.41 Å². The van der Waals surface area contributed by atoms with Gasteiger partial charge in [-0.1, -0.05) is 13.8 Å². The van der Waals surface area contributed by atoms with E-state index in [1.165, 1.54) is 19.3 Å². The zero-order valence-corrected chi connectivity index (χ0v) is 11.0.